The smallest absolute Gasteiger partial charge is 0.306 e. The van der Waals surface area contributed by atoms with Crippen LogP contribution in [0.5, 0.6) is 0 Å². The van der Waals surface area contributed by atoms with E-state index in [0.717, 1.165) is 0 Å². The number of esters is 1. The molecule has 0 aromatic rings. The monoisotopic (exact) mass is 241 g/mol. The van der Waals surface area contributed by atoms with E-state index < -0.39 is 5.72 Å². The van der Waals surface area contributed by atoms with Gasteiger partial charge in [0, 0.05) is 18.9 Å². The molecule has 5 heteroatoms. The Bertz CT molecular complexity index is 330. The molecule has 0 radical (unpaired) electrons. The fourth-order valence-electron chi connectivity index (χ4n) is 2.93. The molecule has 2 aliphatic rings. The zero-order chi connectivity index (χ0) is 12.5. The molecule has 5 nitrogen and oxygen atoms in total. The van der Waals surface area contributed by atoms with Gasteiger partial charge in [-0.25, -0.2) is 0 Å². The normalized spacial score (nSPS) is 32.5. The van der Waals surface area contributed by atoms with E-state index in [1.807, 2.05) is 0 Å². The summed E-state index contributed by atoms with van der Waals surface area (Å²) in [6.45, 7) is 2.67. The third kappa shape index (κ3) is 2.16. The number of rotatable bonds is 3. The lowest BCUT2D eigenvalue weighted by Gasteiger charge is -2.40. The number of piperidine rings is 1. The van der Waals surface area contributed by atoms with Crippen LogP contribution in [-0.2, 0) is 14.3 Å². The first kappa shape index (κ1) is 12.4. The number of hydrogen-bond donors (Lipinski definition) is 1. The van der Waals surface area contributed by atoms with Crippen LogP contribution in [0.15, 0.2) is 0 Å². The zero-order valence-electron chi connectivity index (χ0n) is 10.1. The number of fused-ring (bicyclic) bond motifs is 1. The van der Waals surface area contributed by atoms with Gasteiger partial charge in [-0.3, -0.25) is 9.59 Å². The van der Waals surface area contributed by atoms with Gasteiger partial charge in [0.25, 0.3) is 0 Å². The van der Waals surface area contributed by atoms with Crippen LogP contribution in [0.1, 0.15) is 39.0 Å². The Kier molecular flexibility index (Phi) is 3.38. The molecule has 0 spiro atoms. The Hall–Kier alpha value is -1.10. The Morgan fingerprint density at radius 1 is 1.65 bits per heavy atom. The molecule has 2 heterocycles. The van der Waals surface area contributed by atoms with Gasteiger partial charge >= 0.3 is 5.97 Å². The Morgan fingerprint density at radius 2 is 2.41 bits per heavy atom. The second-order valence-corrected chi connectivity index (χ2v) is 4.77. The lowest BCUT2D eigenvalue weighted by Crippen LogP contribution is -2.53. The Labute approximate surface area is 101 Å². The number of carbonyl (C=O) groups is 2. The summed E-state index contributed by atoms with van der Waals surface area (Å²) < 4.78 is 4.90. The molecule has 2 aliphatic heterocycles. The molecule has 0 saturated carbocycles. The van der Waals surface area contributed by atoms with E-state index in [-0.39, 0.29) is 24.2 Å². The van der Waals surface area contributed by atoms with Crippen LogP contribution >= 0.6 is 0 Å². The fourth-order valence-corrected chi connectivity index (χ4v) is 2.93. The van der Waals surface area contributed by atoms with E-state index in [1.165, 1.54) is 0 Å². The molecule has 2 rings (SSSR count). The van der Waals surface area contributed by atoms with Gasteiger partial charge in [0.15, 0.2) is 0 Å². The van der Waals surface area contributed by atoms with Gasteiger partial charge in [-0.2, -0.15) is 0 Å². The second-order valence-electron chi connectivity index (χ2n) is 4.77. The molecule has 0 aromatic heterocycles. The van der Waals surface area contributed by atoms with Crippen molar-refractivity contribution in [3.8, 4) is 0 Å². The molecule has 1 amide bonds. The standard InChI is InChI=1S/C12H19NO4/c1-2-17-11(15)8-9-5-7-13-10(14)4-3-6-12(9,13)16/h9,16H,2-8H2,1H3. The van der Waals surface area contributed by atoms with Crippen LogP contribution in [0.25, 0.3) is 0 Å². The minimum Gasteiger partial charge on any atom is -0.466 e. The van der Waals surface area contributed by atoms with E-state index in [4.69, 9.17) is 4.74 Å². The van der Waals surface area contributed by atoms with Crippen LogP contribution in [0.3, 0.4) is 0 Å². The van der Waals surface area contributed by atoms with E-state index in [0.29, 0.717) is 38.8 Å². The average molecular weight is 241 g/mol. The predicted octanol–water partition coefficient (Wildman–Crippen LogP) is 0.661. The molecule has 0 aromatic carbocycles. The summed E-state index contributed by atoms with van der Waals surface area (Å²) in [6.07, 6.45) is 2.66. The predicted molar refractivity (Wildman–Crippen MR) is 59.9 cm³/mol. The molecule has 2 unspecified atom stereocenters. The summed E-state index contributed by atoms with van der Waals surface area (Å²) in [6, 6.07) is 0. The summed E-state index contributed by atoms with van der Waals surface area (Å²) in [4.78, 5) is 24.7. The number of hydrogen-bond acceptors (Lipinski definition) is 4. The van der Waals surface area contributed by atoms with E-state index >= 15 is 0 Å². The van der Waals surface area contributed by atoms with Crippen molar-refractivity contribution in [3.63, 3.8) is 0 Å². The maximum atomic E-state index is 11.7. The van der Waals surface area contributed by atoms with Crippen molar-refractivity contribution in [2.75, 3.05) is 13.2 Å². The summed E-state index contributed by atoms with van der Waals surface area (Å²) >= 11 is 0. The molecule has 1 N–H and O–H groups in total. The van der Waals surface area contributed by atoms with Gasteiger partial charge in [0.05, 0.1) is 13.0 Å². The molecular weight excluding hydrogens is 222 g/mol. The molecular formula is C12H19NO4. The largest absolute Gasteiger partial charge is 0.466 e. The first-order valence-electron chi connectivity index (χ1n) is 6.26. The highest BCUT2D eigenvalue weighted by Gasteiger charge is 2.51. The number of carbonyl (C=O) groups excluding carboxylic acids is 2. The van der Waals surface area contributed by atoms with Gasteiger partial charge in [0.1, 0.15) is 5.72 Å². The molecule has 2 atom stereocenters. The van der Waals surface area contributed by atoms with Crippen molar-refractivity contribution in [2.45, 2.75) is 44.8 Å². The number of amides is 1. The minimum atomic E-state index is -1.11. The quantitative estimate of drug-likeness (QED) is 0.737. The fraction of sp³-hybridized carbons (Fsp3) is 0.833. The van der Waals surface area contributed by atoms with Crippen LogP contribution in [0, 0.1) is 5.92 Å². The van der Waals surface area contributed by atoms with Crippen LogP contribution in [0.2, 0.25) is 0 Å². The van der Waals surface area contributed by atoms with E-state index in [2.05, 4.69) is 0 Å². The van der Waals surface area contributed by atoms with Crippen molar-refractivity contribution in [3.05, 3.63) is 0 Å². The first-order valence-corrected chi connectivity index (χ1v) is 6.26. The number of ether oxygens (including phenoxy) is 1. The van der Waals surface area contributed by atoms with Gasteiger partial charge < -0.3 is 14.7 Å². The molecule has 96 valence electrons. The van der Waals surface area contributed by atoms with Gasteiger partial charge in [-0.15, -0.1) is 0 Å². The van der Waals surface area contributed by atoms with Gasteiger partial charge in [-0.05, 0) is 26.2 Å². The molecule has 2 fully saturated rings. The first-order chi connectivity index (χ1) is 8.08. The van der Waals surface area contributed by atoms with Gasteiger partial charge in [-0.1, -0.05) is 0 Å². The third-order valence-electron chi connectivity index (χ3n) is 3.78. The highest BCUT2D eigenvalue weighted by molar-refractivity contribution is 5.78. The summed E-state index contributed by atoms with van der Waals surface area (Å²) in [7, 11) is 0. The highest BCUT2D eigenvalue weighted by Crippen LogP contribution is 2.42. The lowest BCUT2D eigenvalue weighted by molar-refractivity contribution is -0.174. The lowest BCUT2D eigenvalue weighted by atomic mass is 9.86. The number of aliphatic hydroxyl groups is 1. The molecule has 0 bridgehead atoms. The summed E-state index contributed by atoms with van der Waals surface area (Å²) in [5.74, 6) is -0.457. The number of nitrogens with zero attached hydrogens (tertiary/aromatic N) is 1. The van der Waals surface area contributed by atoms with Crippen molar-refractivity contribution in [1.29, 1.82) is 0 Å². The average Bonchev–Trinajstić information content (AvgIpc) is 2.58. The van der Waals surface area contributed by atoms with Crippen LogP contribution < -0.4 is 0 Å². The van der Waals surface area contributed by atoms with Crippen molar-refractivity contribution in [2.24, 2.45) is 5.92 Å². The molecule has 2 saturated heterocycles. The van der Waals surface area contributed by atoms with Crippen LogP contribution in [-0.4, -0.2) is 40.8 Å². The van der Waals surface area contributed by atoms with Gasteiger partial charge in [0.2, 0.25) is 5.91 Å². The minimum absolute atomic E-state index is 0.00473. The summed E-state index contributed by atoms with van der Waals surface area (Å²) in [5.41, 5.74) is -1.11. The maximum absolute atomic E-state index is 11.7. The zero-order valence-corrected chi connectivity index (χ0v) is 10.1. The van der Waals surface area contributed by atoms with E-state index in [9.17, 15) is 14.7 Å². The van der Waals surface area contributed by atoms with E-state index in [1.54, 1.807) is 11.8 Å². The molecule has 0 aliphatic carbocycles. The SMILES string of the molecule is CCOC(=O)CC1CCN2C(=O)CCCC12O. The van der Waals surface area contributed by atoms with Crippen LogP contribution in [0.4, 0.5) is 0 Å². The third-order valence-corrected chi connectivity index (χ3v) is 3.78. The van der Waals surface area contributed by atoms with Crippen molar-refractivity contribution in [1.82, 2.24) is 4.90 Å². The maximum Gasteiger partial charge on any atom is 0.306 e. The summed E-state index contributed by atoms with van der Waals surface area (Å²) in [5, 5.41) is 10.6. The highest BCUT2D eigenvalue weighted by atomic mass is 16.5. The van der Waals surface area contributed by atoms with Crippen molar-refractivity contribution < 1.29 is 19.4 Å². The Balaban J connectivity index is 2.05. The molecule has 17 heavy (non-hydrogen) atoms. The van der Waals surface area contributed by atoms with Crippen molar-refractivity contribution >= 4 is 11.9 Å². The second kappa shape index (κ2) is 4.64. The topological polar surface area (TPSA) is 66.8 Å². The Morgan fingerprint density at radius 3 is 3.12 bits per heavy atom.